The Labute approximate surface area is 166 Å². The monoisotopic (exact) mass is 380 g/mol. The molecule has 3 rings (SSSR count). The second-order valence-electron chi connectivity index (χ2n) is 7.06. The van der Waals surface area contributed by atoms with Crippen LogP contribution in [-0.4, -0.2) is 24.3 Å². The van der Waals surface area contributed by atoms with Gasteiger partial charge >= 0.3 is 0 Å². The van der Waals surface area contributed by atoms with Crippen molar-refractivity contribution in [2.45, 2.75) is 52.1 Å². The minimum absolute atomic E-state index is 0.241. The van der Waals surface area contributed by atoms with Gasteiger partial charge in [0.1, 0.15) is 11.5 Å². The Kier molecular flexibility index (Phi) is 7.06. The normalized spacial score (nSPS) is 14.7. The highest BCUT2D eigenvalue weighted by atomic mass is 16.5. The van der Waals surface area contributed by atoms with Crippen LogP contribution in [0.15, 0.2) is 53.6 Å². The highest BCUT2D eigenvalue weighted by Gasteiger charge is 2.16. The summed E-state index contributed by atoms with van der Waals surface area (Å²) in [6.45, 7) is 4.64. The Morgan fingerprint density at radius 3 is 2.25 bits per heavy atom. The number of rotatable bonds is 8. The van der Waals surface area contributed by atoms with E-state index in [-0.39, 0.29) is 5.91 Å². The van der Waals surface area contributed by atoms with Gasteiger partial charge in [-0.25, -0.2) is 5.43 Å². The predicted octanol–water partition coefficient (Wildman–Crippen LogP) is 4.95. The highest BCUT2D eigenvalue weighted by molar-refractivity contribution is 6.00. The standard InChI is InChI=1S/C23H28N2O3/c1-3-16-27-20-12-8-18(9-13-20)17(2)24-25-23(26)19-10-14-22(15-11-19)28-21-6-4-5-7-21/h8-15,21H,3-7,16H2,1-2H3,(H,25,26)/b24-17-. The molecule has 28 heavy (non-hydrogen) atoms. The van der Waals surface area contributed by atoms with Gasteiger partial charge < -0.3 is 9.47 Å². The molecule has 1 aliphatic carbocycles. The van der Waals surface area contributed by atoms with Gasteiger partial charge in [-0.1, -0.05) is 6.92 Å². The molecule has 1 N–H and O–H groups in total. The van der Waals surface area contributed by atoms with Gasteiger partial charge in [0.05, 0.1) is 18.4 Å². The number of nitrogens with zero attached hydrogens (tertiary/aromatic N) is 1. The molecule has 0 aromatic heterocycles. The molecule has 0 spiro atoms. The minimum Gasteiger partial charge on any atom is -0.494 e. The maximum Gasteiger partial charge on any atom is 0.271 e. The molecule has 0 unspecified atom stereocenters. The van der Waals surface area contributed by atoms with Crippen molar-refractivity contribution < 1.29 is 14.3 Å². The smallest absolute Gasteiger partial charge is 0.271 e. The third-order valence-electron chi connectivity index (χ3n) is 4.79. The number of ether oxygens (including phenoxy) is 2. The van der Waals surface area contributed by atoms with Gasteiger partial charge in [0, 0.05) is 5.56 Å². The summed E-state index contributed by atoms with van der Waals surface area (Å²) in [6, 6.07) is 14.9. The fraction of sp³-hybridized carbons (Fsp3) is 0.391. The zero-order valence-electron chi connectivity index (χ0n) is 16.6. The Bertz CT molecular complexity index is 792. The van der Waals surface area contributed by atoms with Crippen LogP contribution in [0.2, 0.25) is 0 Å². The Morgan fingerprint density at radius 1 is 1.00 bits per heavy atom. The van der Waals surface area contributed by atoms with Gasteiger partial charge in [-0.3, -0.25) is 4.79 Å². The molecule has 148 valence electrons. The Morgan fingerprint density at radius 2 is 1.61 bits per heavy atom. The lowest BCUT2D eigenvalue weighted by Gasteiger charge is -2.13. The summed E-state index contributed by atoms with van der Waals surface area (Å²) in [6.07, 6.45) is 5.98. The fourth-order valence-electron chi connectivity index (χ4n) is 3.16. The van der Waals surface area contributed by atoms with Crippen molar-refractivity contribution in [1.82, 2.24) is 5.43 Å². The molecule has 0 atom stereocenters. The van der Waals surface area contributed by atoms with E-state index >= 15 is 0 Å². The zero-order valence-corrected chi connectivity index (χ0v) is 16.6. The molecule has 0 radical (unpaired) electrons. The van der Waals surface area contributed by atoms with Crippen LogP contribution in [0.4, 0.5) is 0 Å². The van der Waals surface area contributed by atoms with Crippen LogP contribution in [0.5, 0.6) is 11.5 Å². The summed E-state index contributed by atoms with van der Waals surface area (Å²) in [4.78, 5) is 12.3. The number of nitrogens with one attached hydrogen (secondary N) is 1. The molecule has 0 saturated heterocycles. The maximum absolute atomic E-state index is 12.3. The third-order valence-corrected chi connectivity index (χ3v) is 4.79. The lowest BCUT2D eigenvalue weighted by molar-refractivity contribution is 0.0955. The van der Waals surface area contributed by atoms with E-state index in [1.165, 1.54) is 12.8 Å². The average Bonchev–Trinajstić information content (AvgIpc) is 3.24. The summed E-state index contributed by atoms with van der Waals surface area (Å²) in [7, 11) is 0. The van der Waals surface area contributed by atoms with Crippen molar-refractivity contribution >= 4 is 11.6 Å². The van der Waals surface area contributed by atoms with E-state index in [1.54, 1.807) is 12.1 Å². The molecule has 2 aromatic rings. The number of benzene rings is 2. The molecule has 5 nitrogen and oxygen atoms in total. The minimum atomic E-state index is -0.241. The quantitative estimate of drug-likeness (QED) is 0.521. The molecule has 1 aliphatic rings. The van der Waals surface area contributed by atoms with Crippen molar-refractivity contribution in [2.24, 2.45) is 5.10 Å². The van der Waals surface area contributed by atoms with Crippen molar-refractivity contribution in [3.05, 3.63) is 59.7 Å². The summed E-state index contributed by atoms with van der Waals surface area (Å²) in [5.74, 6) is 1.41. The first kappa shape index (κ1) is 19.9. The van der Waals surface area contributed by atoms with Gasteiger partial charge in [0.2, 0.25) is 0 Å². The first-order chi connectivity index (χ1) is 13.7. The van der Waals surface area contributed by atoms with Gasteiger partial charge in [0.25, 0.3) is 5.91 Å². The van der Waals surface area contributed by atoms with Crippen molar-refractivity contribution in [2.75, 3.05) is 6.61 Å². The summed E-state index contributed by atoms with van der Waals surface area (Å²) in [5, 5.41) is 4.21. The van der Waals surface area contributed by atoms with Gasteiger partial charge in [-0.05, 0) is 93.1 Å². The van der Waals surface area contributed by atoms with Crippen molar-refractivity contribution in [1.29, 1.82) is 0 Å². The lowest BCUT2D eigenvalue weighted by atomic mass is 10.1. The van der Waals surface area contributed by atoms with Crippen LogP contribution in [0.25, 0.3) is 0 Å². The lowest BCUT2D eigenvalue weighted by Crippen LogP contribution is -2.19. The molecule has 5 heteroatoms. The number of hydrogen-bond donors (Lipinski definition) is 1. The fourth-order valence-corrected chi connectivity index (χ4v) is 3.16. The van der Waals surface area contributed by atoms with Crippen LogP contribution in [0, 0.1) is 0 Å². The van der Waals surface area contributed by atoms with E-state index in [1.807, 2.05) is 43.3 Å². The van der Waals surface area contributed by atoms with E-state index in [2.05, 4.69) is 17.5 Å². The molecule has 0 heterocycles. The molecule has 1 fully saturated rings. The topological polar surface area (TPSA) is 59.9 Å². The molecular weight excluding hydrogens is 352 g/mol. The number of hydrazone groups is 1. The molecule has 0 aliphatic heterocycles. The number of hydrogen-bond acceptors (Lipinski definition) is 4. The summed E-state index contributed by atoms with van der Waals surface area (Å²) in [5.41, 5.74) is 4.84. The molecule has 1 saturated carbocycles. The van der Waals surface area contributed by atoms with Crippen LogP contribution in [-0.2, 0) is 0 Å². The van der Waals surface area contributed by atoms with E-state index in [0.29, 0.717) is 18.3 Å². The second-order valence-corrected chi connectivity index (χ2v) is 7.06. The van der Waals surface area contributed by atoms with E-state index in [0.717, 1.165) is 42.0 Å². The Balaban J connectivity index is 1.54. The maximum atomic E-state index is 12.3. The van der Waals surface area contributed by atoms with Crippen molar-refractivity contribution in [3.8, 4) is 11.5 Å². The zero-order chi connectivity index (χ0) is 19.8. The summed E-state index contributed by atoms with van der Waals surface area (Å²) < 4.78 is 11.5. The van der Waals surface area contributed by atoms with E-state index < -0.39 is 0 Å². The molecule has 0 bridgehead atoms. The number of carbonyl (C=O) groups is 1. The van der Waals surface area contributed by atoms with Gasteiger partial charge in [0.15, 0.2) is 0 Å². The van der Waals surface area contributed by atoms with Gasteiger partial charge in [-0.2, -0.15) is 5.10 Å². The van der Waals surface area contributed by atoms with Crippen LogP contribution >= 0.6 is 0 Å². The molecule has 1 amide bonds. The number of carbonyl (C=O) groups excluding carboxylic acids is 1. The molecular formula is C23H28N2O3. The first-order valence-corrected chi connectivity index (χ1v) is 10.0. The van der Waals surface area contributed by atoms with E-state index in [9.17, 15) is 4.79 Å². The van der Waals surface area contributed by atoms with Crippen molar-refractivity contribution in [3.63, 3.8) is 0 Å². The molecule has 2 aromatic carbocycles. The summed E-state index contributed by atoms with van der Waals surface area (Å²) >= 11 is 0. The van der Waals surface area contributed by atoms with Crippen LogP contribution < -0.4 is 14.9 Å². The number of amides is 1. The second kappa shape index (κ2) is 9.93. The SMILES string of the molecule is CCCOc1ccc(/C(C)=N\NC(=O)c2ccc(OC3CCCC3)cc2)cc1. The van der Waals surface area contributed by atoms with Crippen LogP contribution in [0.3, 0.4) is 0 Å². The van der Waals surface area contributed by atoms with Crippen LogP contribution in [0.1, 0.15) is 61.9 Å². The van der Waals surface area contributed by atoms with E-state index in [4.69, 9.17) is 9.47 Å². The first-order valence-electron chi connectivity index (χ1n) is 10.0. The average molecular weight is 380 g/mol. The third kappa shape index (κ3) is 5.59. The van der Waals surface area contributed by atoms with Gasteiger partial charge in [-0.15, -0.1) is 0 Å². The Hall–Kier alpha value is -2.82. The highest BCUT2D eigenvalue weighted by Crippen LogP contribution is 2.24. The predicted molar refractivity (Wildman–Crippen MR) is 111 cm³/mol. The largest absolute Gasteiger partial charge is 0.494 e.